The first-order valence-corrected chi connectivity index (χ1v) is 11.0. The molecule has 6 rings (SSSR count). The van der Waals surface area contributed by atoms with Gasteiger partial charge in [-0.05, 0) is 73.7 Å². The van der Waals surface area contributed by atoms with Gasteiger partial charge in [-0.1, -0.05) is 18.2 Å². The van der Waals surface area contributed by atoms with E-state index in [2.05, 4.69) is 65.3 Å². The van der Waals surface area contributed by atoms with E-state index in [9.17, 15) is 4.79 Å². The number of amides is 1. The van der Waals surface area contributed by atoms with Gasteiger partial charge in [-0.25, -0.2) is 0 Å². The van der Waals surface area contributed by atoms with E-state index >= 15 is 0 Å². The maximum Gasteiger partial charge on any atom is 0.228 e. The first kappa shape index (κ1) is 18.3. The number of carbonyl (C=O) groups excluding carboxylic acids is 1. The number of anilines is 1. The third-order valence-corrected chi connectivity index (χ3v) is 6.59. The molecule has 4 nitrogen and oxygen atoms in total. The predicted octanol–water partition coefficient (Wildman–Crippen LogP) is 6.23. The molecule has 31 heavy (non-hydrogen) atoms. The van der Waals surface area contributed by atoms with Crippen LogP contribution in [0.4, 0.5) is 5.69 Å². The topological polar surface area (TPSA) is 47.2 Å². The van der Waals surface area contributed by atoms with E-state index in [-0.39, 0.29) is 5.91 Å². The molecule has 1 N–H and O–H groups in total. The van der Waals surface area contributed by atoms with Crippen molar-refractivity contribution in [3.8, 4) is 0 Å². The Hall–Kier alpha value is -3.53. The molecule has 0 atom stereocenters. The van der Waals surface area contributed by atoms with Crippen LogP contribution in [0.5, 0.6) is 0 Å². The van der Waals surface area contributed by atoms with E-state index < -0.39 is 0 Å². The van der Waals surface area contributed by atoms with Crippen LogP contribution in [-0.2, 0) is 30.6 Å². The number of aryl methyl sites for hydroxylation is 3. The molecule has 0 unspecified atom stereocenters. The van der Waals surface area contributed by atoms with E-state index in [0.29, 0.717) is 6.42 Å². The van der Waals surface area contributed by atoms with Gasteiger partial charge < -0.3 is 14.3 Å². The molecule has 0 fully saturated rings. The minimum atomic E-state index is -0.0261. The summed E-state index contributed by atoms with van der Waals surface area (Å²) in [6, 6.07) is 19.0. The third-order valence-electron chi connectivity index (χ3n) is 6.59. The van der Waals surface area contributed by atoms with Crippen molar-refractivity contribution in [1.29, 1.82) is 0 Å². The normalized spacial score (nSPS) is 13.3. The van der Waals surface area contributed by atoms with Gasteiger partial charge in [0.15, 0.2) is 0 Å². The Balaban J connectivity index is 1.30. The fourth-order valence-corrected chi connectivity index (χ4v) is 5.14. The average Bonchev–Trinajstić information content (AvgIpc) is 3.48. The van der Waals surface area contributed by atoms with Gasteiger partial charge in [0.25, 0.3) is 0 Å². The Bertz CT molecular complexity index is 1470. The molecule has 5 aromatic rings. The van der Waals surface area contributed by atoms with Crippen molar-refractivity contribution in [2.24, 2.45) is 0 Å². The Morgan fingerprint density at radius 3 is 2.65 bits per heavy atom. The van der Waals surface area contributed by atoms with Crippen LogP contribution in [0.15, 0.2) is 65.3 Å². The molecule has 1 amide bonds. The molecule has 0 saturated carbocycles. The second-order valence-corrected chi connectivity index (χ2v) is 8.45. The number of rotatable bonds is 4. The third kappa shape index (κ3) is 2.94. The highest BCUT2D eigenvalue weighted by Crippen LogP contribution is 2.32. The number of benzene rings is 3. The maximum atomic E-state index is 12.9. The number of aromatic nitrogens is 1. The number of para-hydroxylation sites is 1. The molecule has 0 radical (unpaired) electrons. The molecule has 2 aromatic heterocycles. The van der Waals surface area contributed by atoms with Crippen molar-refractivity contribution in [3.05, 3.63) is 77.6 Å². The second-order valence-electron chi connectivity index (χ2n) is 8.45. The fraction of sp³-hybridized carbons (Fsp3) is 0.222. The number of carbonyl (C=O) groups is 1. The lowest BCUT2D eigenvalue weighted by molar-refractivity contribution is -0.115. The molecule has 0 bridgehead atoms. The summed E-state index contributed by atoms with van der Waals surface area (Å²) in [5, 5.41) is 6.54. The van der Waals surface area contributed by atoms with Gasteiger partial charge >= 0.3 is 0 Å². The van der Waals surface area contributed by atoms with Crippen molar-refractivity contribution < 1.29 is 9.21 Å². The fourth-order valence-electron chi connectivity index (χ4n) is 5.14. The molecule has 0 aliphatic heterocycles. The van der Waals surface area contributed by atoms with Crippen molar-refractivity contribution >= 4 is 44.4 Å². The number of furan rings is 1. The van der Waals surface area contributed by atoms with Crippen LogP contribution >= 0.6 is 0 Å². The molecule has 0 spiro atoms. The Morgan fingerprint density at radius 2 is 1.77 bits per heavy atom. The minimum absolute atomic E-state index is 0.0261. The summed E-state index contributed by atoms with van der Waals surface area (Å²) < 4.78 is 8.08. The summed E-state index contributed by atoms with van der Waals surface area (Å²) in [6.45, 7) is 3.07. The number of nitrogens with one attached hydrogen (secondary N) is 1. The quantitative estimate of drug-likeness (QED) is 0.383. The van der Waals surface area contributed by atoms with Gasteiger partial charge in [0.2, 0.25) is 5.91 Å². The van der Waals surface area contributed by atoms with E-state index in [0.717, 1.165) is 41.6 Å². The lowest BCUT2D eigenvalue weighted by Gasteiger charge is -2.07. The van der Waals surface area contributed by atoms with Gasteiger partial charge in [-0.15, -0.1) is 0 Å². The number of nitrogens with zero attached hydrogens (tertiary/aromatic N) is 1. The van der Waals surface area contributed by atoms with Crippen LogP contribution in [0.2, 0.25) is 0 Å². The lowest BCUT2D eigenvalue weighted by atomic mass is 10.0. The molecular weight excluding hydrogens is 384 g/mol. The van der Waals surface area contributed by atoms with Gasteiger partial charge in [-0.2, -0.15) is 0 Å². The standard InChI is InChI=1S/C27H24N2O2/c1-2-29-24-9-4-3-8-21(24)23-15-20(10-11-25(23)29)28-27(30)14-19-16-31-26-13-18-7-5-6-17(18)12-22(19)26/h3-4,8-13,15-16H,2,5-7,14H2,1H3,(H,28,30). The van der Waals surface area contributed by atoms with Gasteiger partial charge in [0, 0.05) is 45.0 Å². The van der Waals surface area contributed by atoms with Crippen LogP contribution < -0.4 is 5.32 Å². The van der Waals surface area contributed by atoms with Crippen LogP contribution in [0.3, 0.4) is 0 Å². The van der Waals surface area contributed by atoms with Crippen LogP contribution in [0, 0.1) is 0 Å². The van der Waals surface area contributed by atoms with E-state index in [1.54, 1.807) is 6.26 Å². The van der Waals surface area contributed by atoms with Gasteiger partial charge in [0.1, 0.15) is 5.58 Å². The van der Waals surface area contributed by atoms with Crippen LogP contribution in [0.1, 0.15) is 30.0 Å². The molecule has 1 aliphatic rings. The molecular formula is C27H24N2O2. The van der Waals surface area contributed by atoms with Crippen molar-refractivity contribution in [1.82, 2.24) is 4.57 Å². The van der Waals surface area contributed by atoms with Gasteiger partial charge in [0.05, 0.1) is 12.7 Å². The van der Waals surface area contributed by atoms with Crippen LogP contribution in [-0.4, -0.2) is 10.5 Å². The SMILES string of the molecule is CCn1c2ccccc2c2cc(NC(=O)Cc3coc4cc5c(cc34)CCC5)ccc21. The maximum absolute atomic E-state index is 12.9. The Labute approximate surface area is 180 Å². The minimum Gasteiger partial charge on any atom is -0.464 e. The molecule has 4 heteroatoms. The number of hydrogen-bond donors (Lipinski definition) is 1. The zero-order valence-corrected chi connectivity index (χ0v) is 17.6. The van der Waals surface area contributed by atoms with Crippen molar-refractivity contribution in [2.45, 2.75) is 39.2 Å². The van der Waals surface area contributed by atoms with E-state index in [1.165, 1.54) is 39.4 Å². The molecule has 1 aliphatic carbocycles. The highest BCUT2D eigenvalue weighted by molar-refractivity contribution is 6.10. The zero-order valence-electron chi connectivity index (χ0n) is 17.6. The Kier molecular flexibility index (Phi) is 4.13. The smallest absolute Gasteiger partial charge is 0.228 e. The van der Waals surface area contributed by atoms with Crippen molar-refractivity contribution in [3.63, 3.8) is 0 Å². The summed E-state index contributed by atoms with van der Waals surface area (Å²) in [4.78, 5) is 12.9. The molecule has 2 heterocycles. The number of fused-ring (bicyclic) bond motifs is 5. The highest BCUT2D eigenvalue weighted by Gasteiger charge is 2.17. The summed E-state index contributed by atoms with van der Waals surface area (Å²) in [5.74, 6) is -0.0261. The van der Waals surface area contributed by atoms with E-state index in [1.807, 2.05) is 6.07 Å². The lowest BCUT2D eigenvalue weighted by Crippen LogP contribution is -2.14. The zero-order chi connectivity index (χ0) is 20.9. The summed E-state index contributed by atoms with van der Waals surface area (Å²) in [5.41, 5.74) is 7.86. The van der Waals surface area contributed by atoms with Gasteiger partial charge in [-0.3, -0.25) is 4.79 Å². The highest BCUT2D eigenvalue weighted by atomic mass is 16.3. The van der Waals surface area contributed by atoms with E-state index in [4.69, 9.17) is 4.42 Å². The first-order chi connectivity index (χ1) is 15.2. The van der Waals surface area contributed by atoms with Crippen LogP contribution in [0.25, 0.3) is 32.8 Å². The molecule has 3 aromatic carbocycles. The second kappa shape index (κ2) is 7.02. The molecule has 0 saturated heterocycles. The summed E-state index contributed by atoms with van der Waals surface area (Å²) in [6.07, 6.45) is 5.48. The predicted molar refractivity (Wildman–Crippen MR) is 126 cm³/mol. The summed E-state index contributed by atoms with van der Waals surface area (Å²) >= 11 is 0. The number of hydrogen-bond acceptors (Lipinski definition) is 2. The Morgan fingerprint density at radius 1 is 0.968 bits per heavy atom. The summed E-state index contributed by atoms with van der Waals surface area (Å²) in [7, 11) is 0. The molecule has 154 valence electrons. The monoisotopic (exact) mass is 408 g/mol. The average molecular weight is 409 g/mol. The largest absolute Gasteiger partial charge is 0.464 e. The first-order valence-electron chi connectivity index (χ1n) is 11.0. The van der Waals surface area contributed by atoms with Crippen molar-refractivity contribution in [2.75, 3.05) is 5.32 Å².